The largest absolute Gasteiger partial charge is 0.417 e. The molecule has 0 aliphatic rings. The molecule has 0 bridgehead atoms. The molecule has 0 unspecified atom stereocenters. The van der Waals surface area contributed by atoms with Crippen LogP contribution in [0.5, 0.6) is 0 Å². The number of carbonyl (C=O) groups is 1. The third-order valence-electron chi connectivity index (χ3n) is 3.57. The van der Waals surface area contributed by atoms with E-state index < -0.39 is 27.7 Å². The van der Waals surface area contributed by atoms with E-state index in [1.54, 1.807) is 0 Å². The van der Waals surface area contributed by atoms with Crippen molar-refractivity contribution in [2.45, 2.75) is 11.1 Å². The van der Waals surface area contributed by atoms with Gasteiger partial charge in [-0.3, -0.25) is 4.79 Å². The van der Waals surface area contributed by atoms with E-state index in [4.69, 9.17) is 11.6 Å². The number of carbonyl (C=O) groups excluding carboxylic acids is 1. The molecule has 0 saturated heterocycles. The molecule has 0 radical (unpaired) electrons. The average Bonchev–Trinajstić information content (AvgIpc) is 2.65. The maximum atomic E-state index is 12.6. The lowest BCUT2D eigenvalue weighted by Crippen LogP contribution is -2.29. The molecular weight excluding hydrogens is 421 g/mol. The Bertz CT molecular complexity index is 951. The number of amides is 1. The molecule has 0 fully saturated rings. The fourth-order valence-electron chi connectivity index (χ4n) is 2.09. The molecule has 2 rings (SSSR count). The summed E-state index contributed by atoms with van der Waals surface area (Å²) in [7, 11) is -2.31. The van der Waals surface area contributed by atoms with Crippen molar-refractivity contribution in [3.63, 3.8) is 0 Å². The SMILES string of the molecule is CNS(=O)(=O)c1ccc(C(=O)NCCNc2ncc(C(F)(F)F)cc2Cl)cc1. The predicted molar refractivity (Wildman–Crippen MR) is 97.8 cm³/mol. The van der Waals surface area contributed by atoms with Crippen LogP contribution in [0.2, 0.25) is 5.02 Å². The van der Waals surface area contributed by atoms with E-state index in [-0.39, 0.29) is 34.4 Å². The quantitative estimate of drug-likeness (QED) is 0.579. The first kappa shape index (κ1) is 21.9. The third-order valence-corrected chi connectivity index (χ3v) is 5.29. The highest BCUT2D eigenvalue weighted by Crippen LogP contribution is 2.32. The zero-order valence-corrected chi connectivity index (χ0v) is 16.0. The maximum absolute atomic E-state index is 12.6. The average molecular weight is 437 g/mol. The molecule has 1 amide bonds. The van der Waals surface area contributed by atoms with E-state index in [1.807, 2.05) is 0 Å². The number of rotatable bonds is 7. The zero-order chi connectivity index (χ0) is 20.9. The highest BCUT2D eigenvalue weighted by molar-refractivity contribution is 7.89. The van der Waals surface area contributed by atoms with Crippen LogP contribution in [0.15, 0.2) is 41.4 Å². The number of hydrogen-bond donors (Lipinski definition) is 3. The van der Waals surface area contributed by atoms with E-state index in [9.17, 15) is 26.4 Å². The standard InChI is InChI=1S/C16H16ClF3N4O3S/c1-21-28(26,27)12-4-2-10(3-5-12)15(25)23-7-6-22-14-13(17)8-11(9-24-14)16(18,19)20/h2-5,8-9,21H,6-7H2,1H3,(H,22,24)(H,23,25). The van der Waals surface area contributed by atoms with Gasteiger partial charge in [-0.05, 0) is 37.4 Å². The molecule has 0 atom stereocenters. The second-order valence-corrected chi connectivity index (χ2v) is 7.76. The summed E-state index contributed by atoms with van der Waals surface area (Å²) in [4.78, 5) is 15.7. The van der Waals surface area contributed by atoms with E-state index in [0.717, 1.165) is 6.07 Å². The molecule has 7 nitrogen and oxygen atoms in total. The monoisotopic (exact) mass is 436 g/mol. The van der Waals surface area contributed by atoms with Gasteiger partial charge in [-0.2, -0.15) is 13.2 Å². The van der Waals surface area contributed by atoms with Gasteiger partial charge in [-0.15, -0.1) is 0 Å². The minimum Gasteiger partial charge on any atom is -0.367 e. The van der Waals surface area contributed by atoms with Gasteiger partial charge in [0, 0.05) is 24.8 Å². The molecule has 1 aromatic heterocycles. The van der Waals surface area contributed by atoms with E-state index >= 15 is 0 Å². The van der Waals surface area contributed by atoms with Crippen LogP contribution in [0, 0.1) is 0 Å². The first-order chi connectivity index (χ1) is 13.0. The van der Waals surface area contributed by atoms with Crippen molar-refractivity contribution in [2.24, 2.45) is 0 Å². The molecule has 0 aliphatic heterocycles. The Balaban J connectivity index is 1.88. The number of pyridine rings is 1. The van der Waals surface area contributed by atoms with Crippen LogP contribution in [-0.4, -0.2) is 39.4 Å². The second-order valence-electron chi connectivity index (χ2n) is 5.47. The number of nitrogens with zero attached hydrogens (tertiary/aromatic N) is 1. The van der Waals surface area contributed by atoms with Gasteiger partial charge in [0.15, 0.2) is 0 Å². The predicted octanol–water partition coefficient (Wildman–Crippen LogP) is 2.50. The van der Waals surface area contributed by atoms with Crippen LogP contribution in [-0.2, 0) is 16.2 Å². The maximum Gasteiger partial charge on any atom is 0.417 e. The molecule has 1 heterocycles. The summed E-state index contributed by atoms with van der Waals surface area (Å²) < 4.78 is 63.1. The highest BCUT2D eigenvalue weighted by atomic mass is 35.5. The topological polar surface area (TPSA) is 100 Å². The van der Waals surface area contributed by atoms with Crippen molar-refractivity contribution >= 4 is 33.3 Å². The number of nitrogens with one attached hydrogen (secondary N) is 3. The fraction of sp³-hybridized carbons (Fsp3) is 0.250. The first-order valence-corrected chi connectivity index (χ1v) is 9.69. The third kappa shape index (κ3) is 5.57. The number of alkyl halides is 3. The summed E-state index contributed by atoms with van der Waals surface area (Å²) in [5.74, 6) is -0.382. The van der Waals surface area contributed by atoms with Gasteiger partial charge < -0.3 is 10.6 Å². The number of halogens is 4. The normalized spacial score (nSPS) is 11.9. The van der Waals surface area contributed by atoms with Crippen molar-refractivity contribution in [1.82, 2.24) is 15.0 Å². The van der Waals surface area contributed by atoms with E-state index in [1.165, 1.54) is 31.3 Å². The smallest absolute Gasteiger partial charge is 0.367 e. The molecule has 0 saturated carbocycles. The highest BCUT2D eigenvalue weighted by Gasteiger charge is 2.31. The van der Waals surface area contributed by atoms with Crippen molar-refractivity contribution < 1.29 is 26.4 Å². The van der Waals surface area contributed by atoms with E-state index in [2.05, 4.69) is 20.3 Å². The van der Waals surface area contributed by atoms with Crippen LogP contribution in [0.25, 0.3) is 0 Å². The fourth-order valence-corrected chi connectivity index (χ4v) is 3.05. The lowest BCUT2D eigenvalue weighted by molar-refractivity contribution is -0.137. The lowest BCUT2D eigenvalue weighted by Gasteiger charge is -2.11. The molecule has 152 valence electrons. The van der Waals surface area contributed by atoms with Gasteiger partial charge >= 0.3 is 6.18 Å². The number of hydrogen-bond acceptors (Lipinski definition) is 5. The van der Waals surface area contributed by atoms with E-state index in [0.29, 0.717) is 6.20 Å². The Morgan fingerprint density at radius 3 is 2.36 bits per heavy atom. The Morgan fingerprint density at radius 1 is 1.18 bits per heavy atom. The summed E-state index contributed by atoms with van der Waals surface area (Å²) in [6.45, 7) is 0.296. The van der Waals surface area contributed by atoms with Crippen LogP contribution < -0.4 is 15.4 Å². The van der Waals surface area contributed by atoms with Gasteiger partial charge in [0.1, 0.15) is 5.82 Å². The Labute approximate surface area is 164 Å². The van der Waals surface area contributed by atoms with Crippen LogP contribution in [0.1, 0.15) is 15.9 Å². The summed E-state index contributed by atoms with van der Waals surface area (Å²) in [5, 5.41) is 5.11. The van der Waals surface area contributed by atoms with Crippen molar-refractivity contribution in [1.29, 1.82) is 0 Å². The number of aromatic nitrogens is 1. The van der Waals surface area contributed by atoms with Crippen molar-refractivity contribution in [2.75, 3.05) is 25.5 Å². The molecule has 3 N–H and O–H groups in total. The van der Waals surface area contributed by atoms with Gasteiger partial charge in [0.05, 0.1) is 15.5 Å². The molecule has 0 spiro atoms. The molecule has 1 aromatic carbocycles. The number of anilines is 1. The molecule has 0 aliphatic carbocycles. The Hall–Kier alpha value is -2.37. The van der Waals surface area contributed by atoms with Crippen molar-refractivity contribution in [3.05, 3.63) is 52.7 Å². The number of benzene rings is 1. The van der Waals surface area contributed by atoms with Crippen LogP contribution in [0.3, 0.4) is 0 Å². The Morgan fingerprint density at radius 2 is 1.82 bits per heavy atom. The lowest BCUT2D eigenvalue weighted by atomic mass is 10.2. The van der Waals surface area contributed by atoms with Crippen molar-refractivity contribution in [3.8, 4) is 0 Å². The van der Waals surface area contributed by atoms with Crippen LogP contribution in [0.4, 0.5) is 19.0 Å². The van der Waals surface area contributed by atoms with Gasteiger partial charge in [0.2, 0.25) is 10.0 Å². The molecule has 2 aromatic rings. The first-order valence-electron chi connectivity index (χ1n) is 7.83. The summed E-state index contributed by atoms with van der Waals surface area (Å²) in [6, 6.07) is 6.08. The molecule has 28 heavy (non-hydrogen) atoms. The summed E-state index contributed by atoms with van der Waals surface area (Å²) in [5.41, 5.74) is -0.708. The minimum atomic E-state index is -4.54. The molecular formula is C16H16ClF3N4O3S. The molecule has 12 heteroatoms. The second kappa shape index (κ2) is 8.76. The van der Waals surface area contributed by atoms with Crippen LogP contribution >= 0.6 is 11.6 Å². The van der Waals surface area contributed by atoms with Gasteiger partial charge in [-0.25, -0.2) is 18.1 Å². The zero-order valence-electron chi connectivity index (χ0n) is 14.5. The van der Waals surface area contributed by atoms with Gasteiger partial charge in [0.25, 0.3) is 5.91 Å². The number of sulfonamides is 1. The summed E-state index contributed by atoms with van der Waals surface area (Å²) >= 11 is 5.77. The van der Waals surface area contributed by atoms with Gasteiger partial charge in [-0.1, -0.05) is 11.6 Å². The Kier molecular flexibility index (Phi) is 6.86. The minimum absolute atomic E-state index is 0.0243. The summed E-state index contributed by atoms with van der Waals surface area (Å²) in [6.07, 6.45) is -3.88.